The quantitative estimate of drug-likeness (QED) is 0.884. The standard InChI is InChI=1S/C16H25NO5S/c1-6-9-21-11-7-8-13-12(10-11)14(17(4)23(5,19)20)15(18)16(2,3)22-13/h7-8,10,14-15,18H,6,9H2,1-5H3. The van der Waals surface area contributed by atoms with Crippen LogP contribution in [0.5, 0.6) is 11.5 Å². The summed E-state index contributed by atoms with van der Waals surface area (Å²) in [5, 5.41) is 10.7. The summed E-state index contributed by atoms with van der Waals surface area (Å²) in [5.74, 6) is 1.19. The Bertz CT molecular complexity index is 671. The molecule has 0 amide bonds. The fourth-order valence-electron chi connectivity index (χ4n) is 2.66. The number of fused-ring (bicyclic) bond motifs is 1. The minimum Gasteiger partial charge on any atom is -0.494 e. The molecule has 1 aliphatic rings. The average Bonchev–Trinajstić information content (AvgIpc) is 2.45. The lowest BCUT2D eigenvalue weighted by atomic mass is 9.86. The van der Waals surface area contributed by atoms with Gasteiger partial charge in [-0.05, 0) is 38.5 Å². The molecule has 0 fully saturated rings. The van der Waals surface area contributed by atoms with Gasteiger partial charge in [0.05, 0.1) is 18.9 Å². The Labute approximate surface area is 138 Å². The fraction of sp³-hybridized carbons (Fsp3) is 0.625. The lowest BCUT2D eigenvalue weighted by molar-refractivity contribution is -0.0763. The largest absolute Gasteiger partial charge is 0.494 e. The topological polar surface area (TPSA) is 76.1 Å². The van der Waals surface area contributed by atoms with Gasteiger partial charge < -0.3 is 14.6 Å². The van der Waals surface area contributed by atoms with Crippen LogP contribution in [0.1, 0.15) is 38.8 Å². The molecule has 0 spiro atoms. The van der Waals surface area contributed by atoms with E-state index in [1.807, 2.05) is 6.92 Å². The van der Waals surface area contributed by atoms with E-state index in [9.17, 15) is 13.5 Å². The molecular formula is C16H25NO5S. The summed E-state index contributed by atoms with van der Waals surface area (Å²) >= 11 is 0. The highest BCUT2D eigenvalue weighted by Crippen LogP contribution is 2.44. The fourth-order valence-corrected chi connectivity index (χ4v) is 3.30. The van der Waals surface area contributed by atoms with Crippen molar-refractivity contribution in [3.8, 4) is 11.5 Å². The summed E-state index contributed by atoms with van der Waals surface area (Å²) in [6, 6.07) is 4.57. The summed E-state index contributed by atoms with van der Waals surface area (Å²) in [5.41, 5.74) is -0.291. The molecule has 0 saturated heterocycles. The van der Waals surface area contributed by atoms with Crippen LogP contribution in [0.25, 0.3) is 0 Å². The van der Waals surface area contributed by atoms with Crippen LogP contribution in [-0.2, 0) is 10.0 Å². The van der Waals surface area contributed by atoms with E-state index in [0.717, 1.165) is 12.7 Å². The summed E-state index contributed by atoms with van der Waals surface area (Å²) < 4.78 is 36.7. The molecule has 23 heavy (non-hydrogen) atoms. The van der Waals surface area contributed by atoms with Crippen molar-refractivity contribution in [3.63, 3.8) is 0 Å². The summed E-state index contributed by atoms with van der Waals surface area (Å²) in [4.78, 5) is 0. The van der Waals surface area contributed by atoms with Gasteiger partial charge in [0.2, 0.25) is 10.0 Å². The van der Waals surface area contributed by atoms with Gasteiger partial charge in [0, 0.05) is 12.6 Å². The Kier molecular flexibility index (Phi) is 4.94. The van der Waals surface area contributed by atoms with Gasteiger partial charge in [-0.3, -0.25) is 0 Å². The predicted octanol–water partition coefficient (Wildman–Crippen LogP) is 1.94. The van der Waals surface area contributed by atoms with E-state index in [0.29, 0.717) is 23.7 Å². The molecule has 1 aromatic carbocycles. The number of hydrogen-bond donors (Lipinski definition) is 1. The van der Waals surface area contributed by atoms with Crippen molar-refractivity contribution in [3.05, 3.63) is 23.8 Å². The Hall–Kier alpha value is -1.31. The van der Waals surface area contributed by atoms with E-state index in [1.54, 1.807) is 32.0 Å². The smallest absolute Gasteiger partial charge is 0.211 e. The lowest BCUT2D eigenvalue weighted by Crippen LogP contribution is -2.53. The number of aliphatic hydroxyl groups excluding tert-OH is 1. The number of likely N-dealkylation sites (N-methyl/N-ethyl adjacent to an activating group) is 1. The van der Waals surface area contributed by atoms with Crippen LogP contribution in [0.3, 0.4) is 0 Å². The van der Waals surface area contributed by atoms with Crippen LogP contribution in [0.4, 0.5) is 0 Å². The van der Waals surface area contributed by atoms with Gasteiger partial charge in [-0.2, -0.15) is 4.31 Å². The molecule has 0 aromatic heterocycles. The Morgan fingerprint density at radius 1 is 1.39 bits per heavy atom. The third-order valence-electron chi connectivity index (χ3n) is 4.07. The molecule has 0 bridgehead atoms. The first-order chi connectivity index (χ1) is 10.6. The van der Waals surface area contributed by atoms with Gasteiger partial charge in [-0.15, -0.1) is 0 Å². The zero-order chi connectivity index (χ0) is 17.4. The second-order valence-corrected chi connectivity index (χ2v) is 8.46. The zero-order valence-corrected chi connectivity index (χ0v) is 15.1. The number of nitrogens with zero attached hydrogens (tertiary/aromatic N) is 1. The molecule has 0 aliphatic carbocycles. The predicted molar refractivity (Wildman–Crippen MR) is 88.3 cm³/mol. The summed E-state index contributed by atoms with van der Waals surface area (Å²) in [6.45, 7) is 6.06. The maximum absolute atomic E-state index is 12.0. The van der Waals surface area contributed by atoms with Crippen molar-refractivity contribution in [2.75, 3.05) is 19.9 Å². The number of rotatable bonds is 5. The first-order valence-electron chi connectivity index (χ1n) is 7.64. The number of ether oxygens (including phenoxy) is 2. The highest BCUT2D eigenvalue weighted by molar-refractivity contribution is 7.88. The van der Waals surface area contributed by atoms with E-state index in [2.05, 4.69) is 0 Å². The van der Waals surface area contributed by atoms with Gasteiger partial charge in [-0.25, -0.2) is 8.42 Å². The first kappa shape index (κ1) is 18.0. The van der Waals surface area contributed by atoms with Crippen LogP contribution in [-0.4, -0.2) is 49.4 Å². The van der Waals surface area contributed by atoms with Crippen LogP contribution >= 0.6 is 0 Å². The number of hydrogen-bond acceptors (Lipinski definition) is 5. The van der Waals surface area contributed by atoms with Gasteiger partial charge in [-0.1, -0.05) is 6.92 Å². The third kappa shape index (κ3) is 3.62. The van der Waals surface area contributed by atoms with Crippen LogP contribution in [0, 0.1) is 0 Å². The summed E-state index contributed by atoms with van der Waals surface area (Å²) in [7, 11) is -2.01. The lowest BCUT2D eigenvalue weighted by Gasteiger charge is -2.44. The average molecular weight is 343 g/mol. The molecule has 7 heteroatoms. The first-order valence-corrected chi connectivity index (χ1v) is 9.49. The SMILES string of the molecule is CCCOc1ccc2c(c1)C(N(C)S(C)(=O)=O)C(O)C(C)(C)O2. The Morgan fingerprint density at radius 3 is 2.61 bits per heavy atom. The molecule has 1 heterocycles. The van der Waals surface area contributed by atoms with Crippen molar-refractivity contribution in [1.82, 2.24) is 4.31 Å². The minimum atomic E-state index is -3.48. The molecule has 0 radical (unpaired) electrons. The van der Waals surface area contributed by atoms with Crippen molar-refractivity contribution in [2.45, 2.75) is 44.9 Å². The number of aliphatic hydroxyl groups is 1. The molecule has 0 saturated carbocycles. The minimum absolute atomic E-state index is 0.560. The molecule has 6 nitrogen and oxygen atoms in total. The van der Waals surface area contributed by atoms with Gasteiger partial charge in [0.15, 0.2) is 0 Å². The van der Waals surface area contributed by atoms with E-state index in [1.165, 1.54) is 11.4 Å². The van der Waals surface area contributed by atoms with Crippen molar-refractivity contribution in [2.24, 2.45) is 0 Å². The number of sulfonamides is 1. The molecule has 2 atom stereocenters. The van der Waals surface area contributed by atoms with Gasteiger partial charge in [0.25, 0.3) is 0 Å². The van der Waals surface area contributed by atoms with Crippen LogP contribution in [0.2, 0.25) is 0 Å². The molecule has 1 aromatic rings. The van der Waals surface area contributed by atoms with Crippen LogP contribution in [0.15, 0.2) is 18.2 Å². The maximum atomic E-state index is 12.0. The number of benzene rings is 1. The highest BCUT2D eigenvalue weighted by Gasteiger charge is 2.46. The van der Waals surface area contributed by atoms with Gasteiger partial charge in [0.1, 0.15) is 23.2 Å². The molecule has 1 N–H and O–H groups in total. The van der Waals surface area contributed by atoms with Crippen molar-refractivity contribution in [1.29, 1.82) is 0 Å². The third-order valence-corrected chi connectivity index (χ3v) is 5.35. The molecule has 2 rings (SSSR count). The van der Waals surface area contributed by atoms with E-state index < -0.39 is 27.8 Å². The monoisotopic (exact) mass is 343 g/mol. The van der Waals surface area contributed by atoms with Gasteiger partial charge >= 0.3 is 0 Å². The normalized spacial score (nSPS) is 23.3. The van der Waals surface area contributed by atoms with Crippen molar-refractivity contribution < 1.29 is 23.0 Å². The maximum Gasteiger partial charge on any atom is 0.211 e. The molecular weight excluding hydrogens is 318 g/mol. The second kappa shape index (κ2) is 6.30. The van der Waals surface area contributed by atoms with E-state index in [4.69, 9.17) is 9.47 Å². The van der Waals surface area contributed by atoms with E-state index in [-0.39, 0.29) is 0 Å². The Morgan fingerprint density at radius 2 is 2.04 bits per heavy atom. The zero-order valence-electron chi connectivity index (χ0n) is 14.2. The second-order valence-electron chi connectivity index (χ2n) is 6.42. The Balaban J connectivity index is 2.52. The molecule has 1 aliphatic heterocycles. The highest BCUT2D eigenvalue weighted by atomic mass is 32.2. The van der Waals surface area contributed by atoms with Crippen molar-refractivity contribution >= 4 is 10.0 Å². The van der Waals surface area contributed by atoms with E-state index >= 15 is 0 Å². The summed E-state index contributed by atoms with van der Waals surface area (Å²) in [6.07, 6.45) is 0.992. The molecule has 2 unspecified atom stereocenters. The van der Waals surface area contributed by atoms with Crippen LogP contribution < -0.4 is 9.47 Å². The molecule has 130 valence electrons.